The lowest BCUT2D eigenvalue weighted by Gasteiger charge is -1.70. The van der Waals surface area contributed by atoms with Crippen molar-refractivity contribution < 1.29 is 10.0 Å². The molecule has 0 aromatic heterocycles. The quantitative estimate of drug-likeness (QED) is 0.276. The summed E-state index contributed by atoms with van der Waals surface area (Å²) in [5, 5.41) is 10.2. The molecule has 0 aromatic carbocycles. The first-order valence-electron chi connectivity index (χ1n) is 1.38. The summed E-state index contributed by atoms with van der Waals surface area (Å²) in [6, 6.07) is 0. The lowest BCUT2D eigenvalue weighted by molar-refractivity contribution is 0.319. The van der Waals surface area contributed by atoms with Crippen molar-refractivity contribution in [2.24, 2.45) is 5.16 Å². The largest absolute Gasteiger partial charge is 0.411 e. The van der Waals surface area contributed by atoms with Crippen LogP contribution in [0, 0.1) is 0 Å². The van der Waals surface area contributed by atoms with Crippen molar-refractivity contribution in [3.8, 4) is 0 Å². The lowest BCUT2D eigenvalue weighted by Crippen LogP contribution is -1.88. The third-order valence-electron chi connectivity index (χ3n) is 0.298. The highest BCUT2D eigenvalue weighted by Crippen LogP contribution is 1.60. The van der Waals surface area contributed by atoms with Gasteiger partial charge in [-0.2, -0.15) is 0 Å². The summed E-state index contributed by atoms with van der Waals surface area (Å²) in [7, 11) is 0. The van der Waals surface area contributed by atoms with Crippen LogP contribution in [-0.4, -0.2) is 17.2 Å². The van der Waals surface area contributed by atoms with Gasteiger partial charge in [-0.25, -0.2) is 0 Å². The molecular formula is C3H4NO2. The third kappa shape index (κ3) is 1.46. The van der Waals surface area contributed by atoms with E-state index in [4.69, 9.17) is 5.21 Å². The highest BCUT2D eigenvalue weighted by atomic mass is 16.4. The van der Waals surface area contributed by atoms with Gasteiger partial charge in [0.15, 0.2) is 0 Å². The minimum Gasteiger partial charge on any atom is -0.411 e. The van der Waals surface area contributed by atoms with Gasteiger partial charge in [0.25, 0.3) is 6.29 Å². The zero-order valence-electron chi connectivity index (χ0n) is 3.30. The molecule has 1 N–H and O–H groups in total. The van der Waals surface area contributed by atoms with Crippen molar-refractivity contribution in [2.45, 2.75) is 6.92 Å². The number of nitrogens with zero attached hydrogens (tertiary/aromatic N) is 1. The maximum Gasteiger partial charge on any atom is 0.252 e. The Morgan fingerprint density at radius 1 is 2.00 bits per heavy atom. The molecule has 0 bridgehead atoms. The molecule has 0 saturated heterocycles. The normalized spacial score (nSPS) is 11.2. The van der Waals surface area contributed by atoms with Crippen molar-refractivity contribution in [2.75, 3.05) is 0 Å². The minimum absolute atomic E-state index is 0.0324. The Labute approximate surface area is 35.3 Å². The van der Waals surface area contributed by atoms with Crippen molar-refractivity contribution in [3.63, 3.8) is 0 Å². The molecule has 0 heterocycles. The van der Waals surface area contributed by atoms with Crippen molar-refractivity contribution in [1.29, 1.82) is 0 Å². The molecule has 1 radical (unpaired) electrons. The Morgan fingerprint density at radius 2 is 2.50 bits per heavy atom. The van der Waals surface area contributed by atoms with Gasteiger partial charge in [0.2, 0.25) is 0 Å². The van der Waals surface area contributed by atoms with E-state index in [1.807, 2.05) is 0 Å². The Hall–Kier alpha value is -0.860. The number of carbonyl (C=O) groups excluding carboxylic acids is 1. The minimum atomic E-state index is -0.0324. The summed E-state index contributed by atoms with van der Waals surface area (Å²) in [6.07, 6.45) is 1.36. The molecule has 0 rings (SSSR count). The fraction of sp³-hybridized carbons (Fsp3) is 0.333. The van der Waals surface area contributed by atoms with Crippen LogP contribution in [0.1, 0.15) is 6.92 Å². The van der Waals surface area contributed by atoms with Crippen LogP contribution in [0.4, 0.5) is 0 Å². The van der Waals surface area contributed by atoms with Gasteiger partial charge >= 0.3 is 0 Å². The van der Waals surface area contributed by atoms with E-state index in [2.05, 4.69) is 5.16 Å². The van der Waals surface area contributed by atoms with Gasteiger partial charge < -0.3 is 5.21 Å². The SMILES string of the molecule is C/C([C]=O)=N/O. The maximum absolute atomic E-state index is 9.32. The second kappa shape index (κ2) is 2.38. The van der Waals surface area contributed by atoms with Crippen molar-refractivity contribution >= 4 is 12.0 Å². The third-order valence-corrected chi connectivity index (χ3v) is 0.298. The van der Waals surface area contributed by atoms with E-state index in [0.717, 1.165) is 0 Å². The standard InChI is InChI=1S/C3H4NO2/c1-3(2-5)4-6/h6H,1H3/b4-3-. The van der Waals surface area contributed by atoms with Crippen LogP contribution in [0.2, 0.25) is 0 Å². The molecule has 0 saturated carbocycles. The zero-order valence-corrected chi connectivity index (χ0v) is 3.30. The van der Waals surface area contributed by atoms with E-state index < -0.39 is 0 Å². The topological polar surface area (TPSA) is 49.7 Å². The van der Waals surface area contributed by atoms with Crippen LogP contribution in [0.3, 0.4) is 0 Å². The van der Waals surface area contributed by atoms with Crippen molar-refractivity contribution in [3.05, 3.63) is 0 Å². The Morgan fingerprint density at radius 3 is 2.50 bits per heavy atom. The van der Waals surface area contributed by atoms with Crippen LogP contribution in [0.5, 0.6) is 0 Å². The Kier molecular flexibility index (Phi) is 2.04. The van der Waals surface area contributed by atoms with E-state index in [-0.39, 0.29) is 5.71 Å². The lowest BCUT2D eigenvalue weighted by atomic mass is 10.5. The van der Waals surface area contributed by atoms with Crippen molar-refractivity contribution in [1.82, 2.24) is 0 Å². The number of oxime groups is 1. The molecule has 0 amide bonds. The molecule has 0 aliphatic rings. The highest BCUT2D eigenvalue weighted by Gasteiger charge is 1.80. The summed E-state index contributed by atoms with van der Waals surface area (Å²) < 4.78 is 0. The second-order valence-corrected chi connectivity index (χ2v) is 0.787. The number of rotatable bonds is 1. The van der Waals surface area contributed by atoms with Gasteiger partial charge in [-0.15, -0.1) is 0 Å². The maximum atomic E-state index is 9.32. The molecule has 0 aliphatic carbocycles. The predicted octanol–water partition coefficient (Wildman–Crippen LogP) is -0.0538. The van der Waals surface area contributed by atoms with Crippen LogP contribution in [-0.2, 0) is 4.79 Å². The first-order chi connectivity index (χ1) is 2.81. The molecular weight excluding hydrogens is 82.0 g/mol. The van der Waals surface area contributed by atoms with Gasteiger partial charge in [-0.3, -0.25) is 4.79 Å². The van der Waals surface area contributed by atoms with E-state index in [1.54, 1.807) is 0 Å². The Balaban J connectivity index is 3.50. The van der Waals surface area contributed by atoms with E-state index >= 15 is 0 Å². The summed E-state index contributed by atoms with van der Waals surface area (Å²) in [5.41, 5.74) is -0.0324. The molecule has 6 heavy (non-hydrogen) atoms. The van der Waals surface area contributed by atoms with E-state index in [1.165, 1.54) is 13.2 Å². The average Bonchev–Trinajstić information content (AvgIpc) is 1.65. The van der Waals surface area contributed by atoms with E-state index in [9.17, 15) is 4.79 Å². The molecule has 3 heteroatoms. The number of hydrogen-bond acceptors (Lipinski definition) is 3. The first kappa shape index (κ1) is 5.14. The average molecular weight is 86.1 g/mol. The molecule has 0 aromatic rings. The molecule has 0 aliphatic heterocycles. The fourth-order valence-electron chi connectivity index (χ4n) is 0.0204. The first-order valence-corrected chi connectivity index (χ1v) is 1.38. The monoisotopic (exact) mass is 86.0 g/mol. The molecule has 0 spiro atoms. The van der Waals surface area contributed by atoms with Crippen LogP contribution >= 0.6 is 0 Å². The molecule has 0 unspecified atom stereocenters. The second-order valence-electron chi connectivity index (χ2n) is 0.787. The Bertz CT molecular complexity index is 76.9. The summed E-state index contributed by atoms with van der Waals surface area (Å²) in [6.45, 7) is 1.35. The van der Waals surface area contributed by atoms with Crippen LogP contribution in [0.15, 0.2) is 5.16 Å². The molecule has 0 fully saturated rings. The number of hydrogen-bond donors (Lipinski definition) is 1. The van der Waals surface area contributed by atoms with Gasteiger partial charge in [0, 0.05) is 0 Å². The van der Waals surface area contributed by atoms with Gasteiger partial charge in [0.1, 0.15) is 5.71 Å². The summed E-state index contributed by atoms with van der Waals surface area (Å²) >= 11 is 0. The van der Waals surface area contributed by atoms with Gasteiger partial charge in [-0.1, -0.05) is 5.16 Å². The fourth-order valence-corrected chi connectivity index (χ4v) is 0.0204. The molecule has 3 nitrogen and oxygen atoms in total. The predicted molar refractivity (Wildman–Crippen MR) is 20.6 cm³/mol. The molecule has 33 valence electrons. The zero-order chi connectivity index (χ0) is 4.99. The smallest absolute Gasteiger partial charge is 0.252 e. The summed E-state index contributed by atoms with van der Waals surface area (Å²) in [5.74, 6) is 0. The van der Waals surface area contributed by atoms with Gasteiger partial charge in [-0.05, 0) is 6.92 Å². The molecule has 0 atom stereocenters. The van der Waals surface area contributed by atoms with Crippen LogP contribution < -0.4 is 0 Å². The van der Waals surface area contributed by atoms with Crippen LogP contribution in [0.25, 0.3) is 0 Å². The highest BCUT2D eigenvalue weighted by molar-refractivity contribution is 6.27. The summed E-state index contributed by atoms with van der Waals surface area (Å²) in [4.78, 5) is 9.32. The van der Waals surface area contributed by atoms with E-state index in [0.29, 0.717) is 0 Å². The van der Waals surface area contributed by atoms with Gasteiger partial charge in [0.05, 0.1) is 0 Å².